The molecule has 0 saturated carbocycles. The van der Waals surface area contributed by atoms with Crippen molar-refractivity contribution in [1.29, 1.82) is 0 Å². The van der Waals surface area contributed by atoms with Crippen molar-refractivity contribution >= 4 is 16.0 Å². The van der Waals surface area contributed by atoms with Crippen LogP contribution in [0.25, 0.3) is 0 Å². The lowest BCUT2D eigenvalue weighted by Crippen LogP contribution is -2.48. The highest BCUT2D eigenvalue weighted by molar-refractivity contribution is 7.89. The molecule has 7 nitrogen and oxygen atoms in total. The van der Waals surface area contributed by atoms with Crippen LogP contribution >= 0.6 is 0 Å². The van der Waals surface area contributed by atoms with Crippen molar-refractivity contribution in [1.82, 2.24) is 4.31 Å². The van der Waals surface area contributed by atoms with Crippen LogP contribution in [-0.4, -0.2) is 49.6 Å². The maximum atomic E-state index is 12.9. The molecule has 21 heavy (non-hydrogen) atoms. The fourth-order valence-corrected chi connectivity index (χ4v) is 4.66. The van der Waals surface area contributed by atoms with E-state index in [1.54, 1.807) is 0 Å². The largest absolute Gasteiger partial charge is 0.478 e. The summed E-state index contributed by atoms with van der Waals surface area (Å²) in [5, 5.41) is 9.28. The fourth-order valence-electron chi connectivity index (χ4n) is 2.62. The highest BCUT2D eigenvalue weighted by Gasteiger charge is 2.39. The molecule has 1 aromatic heterocycles. The number of furan rings is 1. The van der Waals surface area contributed by atoms with E-state index >= 15 is 0 Å². The molecular formula is C13H19NO6S. The third kappa shape index (κ3) is 2.70. The van der Waals surface area contributed by atoms with Crippen LogP contribution in [-0.2, 0) is 14.8 Å². The van der Waals surface area contributed by atoms with Gasteiger partial charge in [0.1, 0.15) is 22.0 Å². The van der Waals surface area contributed by atoms with E-state index in [9.17, 15) is 18.3 Å². The van der Waals surface area contributed by atoms with Crippen LogP contribution in [0.1, 0.15) is 35.2 Å². The van der Waals surface area contributed by atoms with Crippen molar-refractivity contribution < 1.29 is 27.5 Å². The molecule has 0 spiro atoms. The van der Waals surface area contributed by atoms with Crippen LogP contribution in [0, 0.1) is 13.8 Å². The summed E-state index contributed by atoms with van der Waals surface area (Å²) in [6, 6.07) is -0.292. The molecule has 1 aromatic rings. The van der Waals surface area contributed by atoms with Gasteiger partial charge in [0.2, 0.25) is 10.0 Å². The maximum absolute atomic E-state index is 12.9. The van der Waals surface area contributed by atoms with E-state index in [-0.39, 0.29) is 34.6 Å². The van der Waals surface area contributed by atoms with Crippen molar-refractivity contribution in [2.45, 2.75) is 38.1 Å². The molecule has 2 heterocycles. The molecule has 0 aromatic carbocycles. The number of sulfonamides is 1. The Morgan fingerprint density at radius 3 is 2.62 bits per heavy atom. The topological polar surface area (TPSA) is 97.0 Å². The number of hydrogen-bond donors (Lipinski definition) is 1. The molecule has 1 unspecified atom stereocenters. The number of morpholine rings is 1. The first-order valence-corrected chi connectivity index (χ1v) is 8.17. The quantitative estimate of drug-likeness (QED) is 0.901. The van der Waals surface area contributed by atoms with Gasteiger partial charge in [-0.3, -0.25) is 0 Å². The van der Waals surface area contributed by atoms with Crippen molar-refractivity contribution in [2.75, 3.05) is 19.8 Å². The fraction of sp³-hybridized carbons (Fsp3) is 0.615. The minimum absolute atomic E-state index is 0.0971. The molecule has 8 heteroatoms. The van der Waals surface area contributed by atoms with E-state index in [4.69, 9.17) is 9.15 Å². The Morgan fingerprint density at radius 1 is 1.38 bits per heavy atom. The average molecular weight is 317 g/mol. The van der Waals surface area contributed by atoms with Gasteiger partial charge in [-0.05, 0) is 20.3 Å². The van der Waals surface area contributed by atoms with Crippen LogP contribution in [0.5, 0.6) is 0 Å². The predicted octanol–water partition coefficient (Wildman–Crippen LogP) is 1.39. The van der Waals surface area contributed by atoms with Crippen molar-refractivity contribution in [2.24, 2.45) is 0 Å². The van der Waals surface area contributed by atoms with Crippen molar-refractivity contribution in [3.63, 3.8) is 0 Å². The molecule has 0 amide bonds. The lowest BCUT2D eigenvalue weighted by atomic mass is 10.2. The van der Waals surface area contributed by atoms with Gasteiger partial charge in [0.15, 0.2) is 0 Å². The Hall–Kier alpha value is -1.38. The molecule has 1 aliphatic heterocycles. The lowest BCUT2D eigenvalue weighted by Gasteiger charge is -2.33. The molecule has 2 rings (SSSR count). The first-order chi connectivity index (χ1) is 9.80. The number of carboxylic acids is 1. The summed E-state index contributed by atoms with van der Waals surface area (Å²) >= 11 is 0. The minimum atomic E-state index is -3.93. The van der Waals surface area contributed by atoms with Gasteiger partial charge in [0.05, 0.1) is 13.2 Å². The third-order valence-electron chi connectivity index (χ3n) is 3.63. The molecular weight excluding hydrogens is 298 g/mol. The molecule has 1 atom stereocenters. The van der Waals surface area contributed by atoms with Gasteiger partial charge in [-0.25, -0.2) is 13.2 Å². The van der Waals surface area contributed by atoms with Gasteiger partial charge in [-0.2, -0.15) is 4.31 Å². The summed E-state index contributed by atoms with van der Waals surface area (Å²) in [6.45, 7) is 5.61. The van der Waals surface area contributed by atoms with E-state index in [1.807, 2.05) is 6.92 Å². The van der Waals surface area contributed by atoms with Crippen LogP contribution < -0.4 is 0 Å². The summed E-state index contributed by atoms with van der Waals surface area (Å²) in [5.74, 6) is -1.10. The zero-order valence-electron chi connectivity index (χ0n) is 12.2. The minimum Gasteiger partial charge on any atom is -0.478 e. The Bertz CT molecular complexity index is 648. The molecule has 0 bridgehead atoms. The number of aryl methyl sites for hydroxylation is 2. The summed E-state index contributed by atoms with van der Waals surface area (Å²) in [7, 11) is -3.93. The molecule has 0 radical (unpaired) electrons. The highest BCUT2D eigenvalue weighted by Crippen LogP contribution is 2.31. The van der Waals surface area contributed by atoms with E-state index in [2.05, 4.69) is 0 Å². The standard InChI is InChI=1S/C13H19NO6S/c1-4-10-7-19-6-5-14(10)21(17,18)12-9(3)20-8(2)11(12)13(15)16/h10H,4-7H2,1-3H3,(H,15,16). The zero-order valence-corrected chi connectivity index (χ0v) is 13.1. The van der Waals surface area contributed by atoms with E-state index in [1.165, 1.54) is 18.2 Å². The Kier molecular flexibility index (Phi) is 4.40. The second-order valence-corrected chi connectivity index (χ2v) is 6.80. The molecule has 0 aliphatic carbocycles. The lowest BCUT2D eigenvalue weighted by molar-refractivity contribution is 0.0313. The van der Waals surface area contributed by atoms with Crippen molar-refractivity contribution in [3.05, 3.63) is 17.1 Å². The zero-order chi connectivity index (χ0) is 15.8. The Labute approximate surface area is 123 Å². The molecule has 1 saturated heterocycles. The van der Waals surface area contributed by atoms with E-state index < -0.39 is 16.0 Å². The first kappa shape index (κ1) is 16.0. The number of hydrogen-bond acceptors (Lipinski definition) is 5. The first-order valence-electron chi connectivity index (χ1n) is 6.73. The molecule has 1 N–H and O–H groups in total. The second kappa shape index (κ2) is 5.78. The van der Waals surface area contributed by atoms with Gasteiger partial charge in [0.25, 0.3) is 0 Å². The van der Waals surface area contributed by atoms with Gasteiger partial charge in [-0.1, -0.05) is 6.92 Å². The SMILES string of the molecule is CCC1COCCN1S(=O)(=O)c1c(C)oc(C)c1C(=O)O. The van der Waals surface area contributed by atoms with Crippen molar-refractivity contribution in [3.8, 4) is 0 Å². The third-order valence-corrected chi connectivity index (χ3v) is 5.74. The molecule has 1 aliphatic rings. The normalized spacial score (nSPS) is 20.6. The Morgan fingerprint density at radius 2 is 2.05 bits per heavy atom. The number of ether oxygens (including phenoxy) is 1. The number of rotatable bonds is 4. The van der Waals surface area contributed by atoms with Crippen LogP contribution in [0.15, 0.2) is 9.31 Å². The maximum Gasteiger partial charge on any atom is 0.340 e. The summed E-state index contributed by atoms with van der Waals surface area (Å²) in [6.07, 6.45) is 0.595. The van der Waals surface area contributed by atoms with E-state index in [0.717, 1.165) is 0 Å². The van der Waals surface area contributed by atoms with Crippen LogP contribution in [0.3, 0.4) is 0 Å². The van der Waals surface area contributed by atoms with Crippen LogP contribution in [0.4, 0.5) is 0 Å². The second-order valence-electron chi connectivity index (χ2n) is 4.98. The summed E-state index contributed by atoms with van der Waals surface area (Å²) in [5.41, 5.74) is -0.283. The summed E-state index contributed by atoms with van der Waals surface area (Å²) < 4.78 is 37.6. The van der Waals surface area contributed by atoms with Gasteiger partial charge >= 0.3 is 5.97 Å². The smallest absolute Gasteiger partial charge is 0.340 e. The number of carbonyl (C=O) groups is 1. The van der Waals surface area contributed by atoms with Gasteiger partial charge < -0.3 is 14.3 Å². The monoisotopic (exact) mass is 317 g/mol. The number of aromatic carboxylic acids is 1. The van der Waals surface area contributed by atoms with Crippen LogP contribution in [0.2, 0.25) is 0 Å². The van der Waals surface area contributed by atoms with Gasteiger partial charge in [-0.15, -0.1) is 0 Å². The summed E-state index contributed by atoms with van der Waals surface area (Å²) in [4.78, 5) is 11.1. The molecule has 118 valence electrons. The molecule has 1 fully saturated rings. The number of carboxylic acid groups (broad SMARTS) is 1. The average Bonchev–Trinajstić information content (AvgIpc) is 2.74. The number of nitrogens with zero attached hydrogens (tertiary/aromatic N) is 1. The van der Waals surface area contributed by atoms with E-state index in [0.29, 0.717) is 19.6 Å². The van der Waals surface area contributed by atoms with Gasteiger partial charge in [0, 0.05) is 12.6 Å². The predicted molar refractivity (Wildman–Crippen MR) is 73.9 cm³/mol. The highest BCUT2D eigenvalue weighted by atomic mass is 32.2. The Balaban J connectivity index is 2.56.